The lowest BCUT2D eigenvalue weighted by atomic mass is 10.0. The number of azo groups is 1. The summed E-state index contributed by atoms with van der Waals surface area (Å²) < 4.78 is 0. The van der Waals surface area contributed by atoms with E-state index in [1.807, 2.05) is 0 Å². The fourth-order valence-corrected chi connectivity index (χ4v) is 2.20. The van der Waals surface area contributed by atoms with Gasteiger partial charge in [-0.05, 0) is 31.2 Å². The van der Waals surface area contributed by atoms with Gasteiger partial charge in [0.05, 0.1) is 0 Å². The standard InChI is InChI=1S/C15H14N4O4/c1-15(9-4-12(22)7-13(23)5-9)18-16-14(17-19-15)8-2-10(20)6-11(21)3-8/h2-7,18,20-23H,1H3. The molecule has 3 rings (SSSR count). The minimum atomic E-state index is -1.07. The first kappa shape index (κ1) is 14.6. The maximum Gasteiger partial charge on any atom is 0.200 e. The quantitative estimate of drug-likeness (QED) is 0.579. The van der Waals surface area contributed by atoms with Crippen molar-refractivity contribution in [2.75, 3.05) is 0 Å². The van der Waals surface area contributed by atoms with Crippen molar-refractivity contribution in [3.63, 3.8) is 0 Å². The van der Waals surface area contributed by atoms with Gasteiger partial charge in [-0.1, -0.05) is 0 Å². The molecule has 0 aliphatic carbocycles. The van der Waals surface area contributed by atoms with E-state index in [0.717, 1.165) is 0 Å². The van der Waals surface area contributed by atoms with Gasteiger partial charge in [0.2, 0.25) is 5.84 Å². The van der Waals surface area contributed by atoms with E-state index in [4.69, 9.17) is 0 Å². The van der Waals surface area contributed by atoms with E-state index in [-0.39, 0.29) is 28.8 Å². The minimum absolute atomic E-state index is 0.106. The molecule has 0 saturated carbocycles. The van der Waals surface area contributed by atoms with Crippen LogP contribution in [0.3, 0.4) is 0 Å². The van der Waals surface area contributed by atoms with Crippen molar-refractivity contribution in [1.82, 2.24) is 5.43 Å². The Morgan fingerprint density at radius 3 is 1.83 bits per heavy atom. The highest BCUT2D eigenvalue weighted by atomic mass is 16.3. The summed E-state index contributed by atoms with van der Waals surface area (Å²) in [4.78, 5) is 0. The summed E-state index contributed by atoms with van der Waals surface area (Å²) in [5, 5.41) is 50.4. The van der Waals surface area contributed by atoms with Crippen molar-refractivity contribution in [3.05, 3.63) is 47.5 Å². The van der Waals surface area contributed by atoms with Crippen molar-refractivity contribution in [1.29, 1.82) is 0 Å². The van der Waals surface area contributed by atoms with Crippen LogP contribution in [0.5, 0.6) is 23.0 Å². The van der Waals surface area contributed by atoms with Crippen molar-refractivity contribution >= 4 is 5.84 Å². The number of hydrogen-bond donors (Lipinski definition) is 5. The van der Waals surface area contributed by atoms with Crippen molar-refractivity contribution in [2.45, 2.75) is 12.6 Å². The van der Waals surface area contributed by atoms with Gasteiger partial charge in [0.25, 0.3) is 0 Å². The monoisotopic (exact) mass is 314 g/mol. The summed E-state index contributed by atoms with van der Waals surface area (Å²) in [5.41, 5.74) is 2.59. The van der Waals surface area contributed by atoms with Gasteiger partial charge in [-0.15, -0.1) is 5.11 Å². The number of rotatable bonds is 2. The van der Waals surface area contributed by atoms with Crippen LogP contribution in [-0.4, -0.2) is 26.3 Å². The number of hydrazone groups is 1. The molecule has 0 spiro atoms. The van der Waals surface area contributed by atoms with E-state index in [0.29, 0.717) is 11.1 Å². The minimum Gasteiger partial charge on any atom is -0.508 e. The molecule has 8 heteroatoms. The lowest BCUT2D eigenvalue weighted by molar-refractivity contribution is 0.361. The number of aromatic hydroxyl groups is 4. The topological polar surface area (TPSA) is 130 Å². The van der Waals surface area contributed by atoms with Gasteiger partial charge in [-0.3, -0.25) is 5.43 Å². The van der Waals surface area contributed by atoms with E-state index >= 15 is 0 Å². The largest absolute Gasteiger partial charge is 0.508 e. The molecule has 0 aromatic heterocycles. The summed E-state index contributed by atoms with van der Waals surface area (Å²) in [7, 11) is 0. The molecule has 0 bridgehead atoms. The number of hydrogen-bond acceptors (Lipinski definition) is 8. The highest BCUT2D eigenvalue weighted by Crippen LogP contribution is 2.32. The van der Waals surface area contributed by atoms with Gasteiger partial charge in [0, 0.05) is 23.3 Å². The predicted octanol–water partition coefficient (Wildman–Crippen LogP) is 2.10. The van der Waals surface area contributed by atoms with Crippen molar-refractivity contribution < 1.29 is 20.4 Å². The summed E-state index contributed by atoms with van der Waals surface area (Å²) in [6, 6.07) is 8.05. The molecule has 0 radical (unpaired) electrons. The van der Waals surface area contributed by atoms with Gasteiger partial charge in [-0.25, -0.2) is 0 Å². The Labute approximate surface area is 131 Å². The molecule has 1 aliphatic rings. The third-order valence-electron chi connectivity index (χ3n) is 3.35. The average molecular weight is 314 g/mol. The van der Waals surface area contributed by atoms with Crippen molar-refractivity contribution in [3.8, 4) is 23.0 Å². The Bertz CT molecular complexity index is 794. The smallest absolute Gasteiger partial charge is 0.200 e. The van der Waals surface area contributed by atoms with Crippen LogP contribution in [0.2, 0.25) is 0 Å². The summed E-state index contributed by atoms with van der Waals surface area (Å²) in [6.45, 7) is 1.67. The lowest BCUT2D eigenvalue weighted by Gasteiger charge is -2.27. The molecule has 2 aromatic carbocycles. The number of amidine groups is 1. The maximum absolute atomic E-state index is 9.58. The highest BCUT2D eigenvalue weighted by Gasteiger charge is 2.30. The van der Waals surface area contributed by atoms with Crippen LogP contribution in [0.25, 0.3) is 0 Å². The molecule has 1 atom stereocenters. The Hall–Kier alpha value is -3.29. The van der Waals surface area contributed by atoms with Crippen LogP contribution in [0.1, 0.15) is 18.1 Å². The molecule has 1 aliphatic heterocycles. The molecule has 118 valence electrons. The Kier molecular flexibility index (Phi) is 3.29. The average Bonchev–Trinajstić information content (AvgIpc) is 2.46. The second-order valence-corrected chi connectivity index (χ2v) is 5.30. The molecule has 8 nitrogen and oxygen atoms in total. The zero-order valence-corrected chi connectivity index (χ0v) is 12.1. The molecular formula is C15H14N4O4. The predicted molar refractivity (Wildman–Crippen MR) is 81.4 cm³/mol. The van der Waals surface area contributed by atoms with Gasteiger partial charge in [-0.2, -0.15) is 10.2 Å². The Morgan fingerprint density at radius 2 is 1.35 bits per heavy atom. The van der Waals surface area contributed by atoms with E-state index in [9.17, 15) is 20.4 Å². The van der Waals surface area contributed by atoms with Gasteiger partial charge >= 0.3 is 0 Å². The first-order chi connectivity index (χ1) is 10.9. The third kappa shape index (κ3) is 2.86. The van der Waals surface area contributed by atoms with Crippen LogP contribution >= 0.6 is 0 Å². The summed E-state index contributed by atoms with van der Waals surface area (Å²) in [6.07, 6.45) is 0. The van der Waals surface area contributed by atoms with E-state index in [1.165, 1.54) is 36.4 Å². The van der Waals surface area contributed by atoms with E-state index in [2.05, 4.69) is 20.8 Å². The molecular weight excluding hydrogens is 300 g/mol. The molecule has 5 N–H and O–H groups in total. The third-order valence-corrected chi connectivity index (χ3v) is 3.35. The number of nitrogens with one attached hydrogen (secondary N) is 1. The molecule has 1 heterocycles. The zero-order chi connectivity index (χ0) is 16.6. The molecule has 2 aromatic rings. The van der Waals surface area contributed by atoms with E-state index in [1.54, 1.807) is 6.92 Å². The van der Waals surface area contributed by atoms with Crippen LogP contribution in [0.15, 0.2) is 51.7 Å². The zero-order valence-electron chi connectivity index (χ0n) is 12.1. The van der Waals surface area contributed by atoms with Crippen molar-refractivity contribution in [2.24, 2.45) is 15.3 Å². The molecule has 23 heavy (non-hydrogen) atoms. The van der Waals surface area contributed by atoms with Crippen LogP contribution < -0.4 is 5.43 Å². The maximum atomic E-state index is 9.58. The van der Waals surface area contributed by atoms with Gasteiger partial charge < -0.3 is 20.4 Å². The second kappa shape index (κ2) is 5.16. The molecule has 0 saturated heterocycles. The second-order valence-electron chi connectivity index (χ2n) is 5.30. The number of nitrogens with zero attached hydrogens (tertiary/aromatic N) is 3. The molecule has 1 unspecified atom stereocenters. The fourth-order valence-electron chi connectivity index (χ4n) is 2.20. The van der Waals surface area contributed by atoms with E-state index < -0.39 is 5.66 Å². The first-order valence-electron chi connectivity index (χ1n) is 6.70. The first-order valence-corrected chi connectivity index (χ1v) is 6.70. The normalized spacial score (nSPS) is 20.0. The molecule has 0 fully saturated rings. The summed E-state index contributed by atoms with van der Waals surface area (Å²) in [5.74, 6) is -0.275. The van der Waals surface area contributed by atoms with Crippen LogP contribution in [-0.2, 0) is 5.66 Å². The number of phenols is 4. The van der Waals surface area contributed by atoms with Crippen LogP contribution in [0.4, 0.5) is 0 Å². The fraction of sp³-hybridized carbons (Fsp3) is 0.133. The SMILES string of the molecule is CC1(c2cc(O)cc(O)c2)N=NC(c2cc(O)cc(O)c2)=NN1. The number of benzene rings is 2. The molecule has 0 amide bonds. The highest BCUT2D eigenvalue weighted by molar-refractivity contribution is 6.00. The Morgan fingerprint density at radius 1 is 0.826 bits per heavy atom. The summed E-state index contributed by atoms with van der Waals surface area (Å²) >= 11 is 0. The van der Waals surface area contributed by atoms with Gasteiger partial charge in [0.1, 0.15) is 23.0 Å². The Balaban J connectivity index is 1.92. The van der Waals surface area contributed by atoms with Crippen LogP contribution in [0, 0.1) is 0 Å². The lowest BCUT2D eigenvalue weighted by Crippen LogP contribution is -2.37. The number of phenolic OH excluding ortho intramolecular Hbond substituents is 4. The van der Waals surface area contributed by atoms with Gasteiger partial charge in [0.15, 0.2) is 5.66 Å².